The number of nitrogens with two attached hydrogens (primary N) is 1. The number of carboxylic acids is 1. The highest BCUT2D eigenvalue weighted by Crippen LogP contribution is 2.07. The molecule has 0 aromatic carbocycles. The highest BCUT2D eigenvalue weighted by atomic mass is 16.5. The molecule has 0 fully saturated rings. The highest BCUT2D eigenvalue weighted by molar-refractivity contribution is 5.74. The van der Waals surface area contributed by atoms with Crippen molar-refractivity contribution in [2.24, 2.45) is 5.73 Å². The first kappa shape index (κ1) is 10.3. The lowest BCUT2D eigenvalue weighted by atomic mass is 10.2. The van der Waals surface area contributed by atoms with Crippen molar-refractivity contribution in [3.05, 3.63) is 28.2 Å². The first-order valence-corrected chi connectivity index (χ1v) is 3.81. The number of carbonyl (C=O) groups is 1. The van der Waals surface area contributed by atoms with Gasteiger partial charge in [0, 0.05) is 18.0 Å². The number of hydrogen-bond donors (Lipinski definition) is 3. The van der Waals surface area contributed by atoms with E-state index in [0.29, 0.717) is 0 Å². The molecule has 1 atom stereocenters. The Labute approximate surface area is 79.3 Å². The molecule has 4 N–H and O–H groups in total. The minimum absolute atomic E-state index is 0.117. The summed E-state index contributed by atoms with van der Waals surface area (Å²) in [7, 11) is 1.35. The average molecular weight is 198 g/mol. The summed E-state index contributed by atoms with van der Waals surface area (Å²) in [5.74, 6) is -1.09. The van der Waals surface area contributed by atoms with Crippen molar-refractivity contribution in [3.63, 3.8) is 0 Å². The number of carboxylic acid groups (broad SMARTS) is 1. The third kappa shape index (κ3) is 1.91. The molecule has 6 heteroatoms. The van der Waals surface area contributed by atoms with E-state index in [2.05, 4.69) is 4.98 Å². The Morgan fingerprint density at radius 1 is 1.71 bits per heavy atom. The monoisotopic (exact) mass is 198 g/mol. The smallest absolute Gasteiger partial charge is 0.326 e. The van der Waals surface area contributed by atoms with Gasteiger partial charge in [0.2, 0.25) is 5.43 Å². The van der Waals surface area contributed by atoms with Crippen LogP contribution < -0.4 is 15.9 Å². The van der Waals surface area contributed by atoms with Crippen LogP contribution >= 0.6 is 0 Å². The second-order valence-corrected chi connectivity index (χ2v) is 2.64. The van der Waals surface area contributed by atoms with Gasteiger partial charge in [-0.2, -0.15) is 0 Å². The quantitative estimate of drug-likeness (QED) is 0.605. The Balaban J connectivity index is 3.09. The van der Waals surface area contributed by atoms with E-state index < -0.39 is 17.4 Å². The molecule has 76 valence electrons. The van der Waals surface area contributed by atoms with E-state index in [9.17, 15) is 9.59 Å². The molecule has 1 rings (SSSR count). The van der Waals surface area contributed by atoms with Crippen molar-refractivity contribution in [2.45, 2.75) is 6.04 Å². The minimum atomic E-state index is -1.23. The fraction of sp³-hybridized carbons (Fsp3) is 0.250. The molecule has 0 unspecified atom stereocenters. The van der Waals surface area contributed by atoms with Crippen LogP contribution in [0.15, 0.2) is 17.1 Å². The van der Waals surface area contributed by atoms with E-state index in [0.717, 1.165) is 6.07 Å². The molecule has 0 saturated heterocycles. The van der Waals surface area contributed by atoms with Crippen LogP contribution in [-0.4, -0.2) is 23.2 Å². The molecule has 0 aliphatic carbocycles. The van der Waals surface area contributed by atoms with Crippen LogP contribution in [0.25, 0.3) is 0 Å². The lowest BCUT2D eigenvalue weighted by molar-refractivity contribution is -0.138. The number of aromatic nitrogens is 1. The zero-order valence-electron chi connectivity index (χ0n) is 7.48. The molecule has 1 aromatic rings. The number of hydrogen-bond acceptors (Lipinski definition) is 4. The Morgan fingerprint density at radius 2 is 2.36 bits per heavy atom. The third-order valence-electron chi connectivity index (χ3n) is 1.72. The molecule has 0 radical (unpaired) electrons. The van der Waals surface area contributed by atoms with Gasteiger partial charge < -0.3 is 20.6 Å². The van der Waals surface area contributed by atoms with Crippen molar-refractivity contribution in [2.75, 3.05) is 7.11 Å². The zero-order chi connectivity index (χ0) is 10.7. The molecular weight excluding hydrogens is 188 g/mol. The summed E-state index contributed by atoms with van der Waals surface area (Å²) < 4.78 is 4.71. The Kier molecular flexibility index (Phi) is 2.88. The Bertz CT molecular complexity index is 399. The van der Waals surface area contributed by atoms with Gasteiger partial charge in [0.1, 0.15) is 6.04 Å². The van der Waals surface area contributed by atoms with Gasteiger partial charge in [0.25, 0.3) is 0 Å². The summed E-state index contributed by atoms with van der Waals surface area (Å²) in [5.41, 5.74) is 5.02. The van der Waals surface area contributed by atoms with Gasteiger partial charge in [-0.3, -0.25) is 9.59 Å². The molecule has 1 heterocycles. The molecule has 0 bridgehead atoms. The van der Waals surface area contributed by atoms with E-state index in [1.165, 1.54) is 13.3 Å². The van der Waals surface area contributed by atoms with Crippen LogP contribution in [0.3, 0.4) is 0 Å². The number of pyridine rings is 1. The van der Waals surface area contributed by atoms with E-state index in [1.54, 1.807) is 0 Å². The topological polar surface area (TPSA) is 105 Å². The van der Waals surface area contributed by atoms with Crippen LogP contribution in [0.4, 0.5) is 0 Å². The van der Waals surface area contributed by atoms with Crippen molar-refractivity contribution in [1.29, 1.82) is 0 Å². The molecular formula is C8H10N2O4. The largest absolute Gasteiger partial charge is 0.491 e. The van der Waals surface area contributed by atoms with Crippen molar-refractivity contribution < 1.29 is 14.6 Å². The van der Waals surface area contributed by atoms with E-state index >= 15 is 0 Å². The first-order chi connectivity index (χ1) is 6.56. The maximum atomic E-state index is 11.2. The second kappa shape index (κ2) is 3.93. The van der Waals surface area contributed by atoms with Gasteiger partial charge in [0.05, 0.1) is 7.11 Å². The predicted molar refractivity (Wildman–Crippen MR) is 48.2 cm³/mol. The van der Waals surface area contributed by atoms with Crippen LogP contribution in [-0.2, 0) is 4.79 Å². The molecule has 0 spiro atoms. The number of H-pyrrole nitrogens is 1. The van der Waals surface area contributed by atoms with Crippen LogP contribution in [0.2, 0.25) is 0 Å². The maximum Gasteiger partial charge on any atom is 0.326 e. The van der Waals surface area contributed by atoms with Gasteiger partial charge in [0.15, 0.2) is 5.75 Å². The van der Waals surface area contributed by atoms with Crippen molar-refractivity contribution in [1.82, 2.24) is 4.98 Å². The zero-order valence-corrected chi connectivity index (χ0v) is 7.48. The molecule has 14 heavy (non-hydrogen) atoms. The number of aliphatic carboxylic acids is 1. The van der Waals surface area contributed by atoms with Crippen molar-refractivity contribution in [3.8, 4) is 5.75 Å². The average Bonchev–Trinajstić information content (AvgIpc) is 2.16. The molecule has 0 amide bonds. The van der Waals surface area contributed by atoms with Gasteiger partial charge in [-0.25, -0.2) is 0 Å². The van der Waals surface area contributed by atoms with Gasteiger partial charge in [-0.15, -0.1) is 0 Å². The van der Waals surface area contributed by atoms with Gasteiger partial charge in [-0.05, 0) is 0 Å². The van der Waals surface area contributed by atoms with Gasteiger partial charge >= 0.3 is 5.97 Å². The van der Waals surface area contributed by atoms with Crippen molar-refractivity contribution >= 4 is 5.97 Å². The highest BCUT2D eigenvalue weighted by Gasteiger charge is 2.15. The summed E-state index contributed by atoms with van der Waals surface area (Å²) >= 11 is 0. The Morgan fingerprint density at radius 3 is 2.79 bits per heavy atom. The molecule has 6 nitrogen and oxygen atoms in total. The number of methoxy groups -OCH3 is 1. The number of nitrogens with one attached hydrogen (secondary N) is 1. The SMILES string of the molecule is COc1c[nH]c([C@@H](N)C(=O)O)cc1=O. The minimum Gasteiger partial charge on any atom is -0.491 e. The van der Waals surface area contributed by atoms with E-state index in [-0.39, 0.29) is 11.4 Å². The standard InChI is InChI=1S/C8H10N2O4/c1-14-6-3-10-4(2-5(6)11)7(9)8(12)13/h2-3,7H,9H2,1H3,(H,10,11)(H,12,13)/t7-/m1/s1. The number of ether oxygens (including phenoxy) is 1. The summed E-state index contributed by atoms with van der Waals surface area (Å²) in [4.78, 5) is 24.3. The fourth-order valence-corrected chi connectivity index (χ4v) is 0.946. The van der Waals surface area contributed by atoms with Crippen LogP contribution in [0.1, 0.15) is 11.7 Å². The normalized spacial score (nSPS) is 12.1. The molecule has 0 saturated carbocycles. The fourth-order valence-electron chi connectivity index (χ4n) is 0.946. The maximum absolute atomic E-state index is 11.2. The van der Waals surface area contributed by atoms with Crippen LogP contribution in [0.5, 0.6) is 5.75 Å². The third-order valence-corrected chi connectivity index (χ3v) is 1.72. The first-order valence-electron chi connectivity index (χ1n) is 3.81. The summed E-state index contributed by atoms with van der Waals surface area (Å²) in [5, 5.41) is 8.57. The van der Waals surface area contributed by atoms with Crippen LogP contribution in [0, 0.1) is 0 Å². The van der Waals surface area contributed by atoms with E-state index in [1.807, 2.05) is 0 Å². The summed E-state index contributed by atoms with van der Waals surface area (Å²) in [6.45, 7) is 0. The second-order valence-electron chi connectivity index (χ2n) is 2.64. The number of rotatable bonds is 3. The Hall–Kier alpha value is -1.82. The van der Waals surface area contributed by atoms with Gasteiger partial charge in [-0.1, -0.05) is 0 Å². The molecule has 0 aliphatic heterocycles. The molecule has 1 aromatic heterocycles. The lowest BCUT2D eigenvalue weighted by Crippen LogP contribution is -2.23. The molecule has 0 aliphatic rings. The van der Waals surface area contributed by atoms with E-state index in [4.69, 9.17) is 15.6 Å². The summed E-state index contributed by atoms with van der Waals surface area (Å²) in [6.07, 6.45) is 1.28. The lowest BCUT2D eigenvalue weighted by Gasteiger charge is -2.06. The number of aromatic amines is 1. The predicted octanol–water partition coefficient (Wildman–Crippen LogP) is -0.532. The summed E-state index contributed by atoms with van der Waals surface area (Å²) in [6, 6.07) is -0.119.